The van der Waals surface area contributed by atoms with Gasteiger partial charge in [0.15, 0.2) is 11.5 Å². The Kier molecular flexibility index (Phi) is 4.14. The highest BCUT2D eigenvalue weighted by molar-refractivity contribution is 6.21. The van der Waals surface area contributed by atoms with E-state index in [2.05, 4.69) is 11.0 Å². The van der Waals surface area contributed by atoms with Gasteiger partial charge in [0.1, 0.15) is 0 Å². The third-order valence-corrected chi connectivity index (χ3v) is 4.14. The van der Waals surface area contributed by atoms with Crippen molar-refractivity contribution in [2.24, 2.45) is 0 Å². The lowest BCUT2D eigenvalue weighted by Crippen LogP contribution is -2.23. The van der Waals surface area contributed by atoms with E-state index in [0.717, 1.165) is 43.2 Å². The van der Waals surface area contributed by atoms with Crippen LogP contribution in [0.4, 0.5) is 0 Å². The summed E-state index contributed by atoms with van der Waals surface area (Å²) < 4.78 is 11.4. The van der Waals surface area contributed by atoms with Crippen LogP contribution in [0.5, 0.6) is 11.5 Å². The molecule has 1 atom stereocenters. The number of hydrogen-bond acceptors (Lipinski definition) is 3. The van der Waals surface area contributed by atoms with Gasteiger partial charge >= 0.3 is 0 Å². The lowest BCUT2D eigenvalue weighted by Gasteiger charge is -2.19. The monoisotopic (exact) mass is 281 g/mol. The van der Waals surface area contributed by atoms with E-state index in [1.807, 2.05) is 12.1 Å². The maximum absolute atomic E-state index is 6.53. The SMILES string of the molecule is ClC(CN1CCCC1)c1ccc2c(c1)OCCCO2. The van der Waals surface area contributed by atoms with Gasteiger partial charge in [0.05, 0.1) is 18.6 Å². The van der Waals surface area contributed by atoms with Gasteiger partial charge in [-0.2, -0.15) is 0 Å². The first kappa shape index (κ1) is 13.1. The van der Waals surface area contributed by atoms with Crippen molar-refractivity contribution in [3.05, 3.63) is 23.8 Å². The Morgan fingerprint density at radius 3 is 2.58 bits per heavy atom. The summed E-state index contributed by atoms with van der Waals surface area (Å²) in [5.41, 5.74) is 1.12. The Hall–Kier alpha value is -0.930. The minimum absolute atomic E-state index is 0.0234. The molecule has 2 heterocycles. The minimum atomic E-state index is 0.0234. The Bertz CT molecular complexity index is 432. The van der Waals surface area contributed by atoms with Crippen LogP contribution in [0.25, 0.3) is 0 Å². The number of hydrogen-bond donors (Lipinski definition) is 0. The van der Waals surface area contributed by atoms with E-state index in [1.165, 1.54) is 25.9 Å². The Labute approximate surface area is 119 Å². The molecule has 0 aliphatic carbocycles. The largest absolute Gasteiger partial charge is 0.490 e. The van der Waals surface area contributed by atoms with E-state index in [9.17, 15) is 0 Å². The molecule has 1 saturated heterocycles. The van der Waals surface area contributed by atoms with Crippen molar-refractivity contribution in [1.82, 2.24) is 4.90 Å². The van der Waals surface area contributed by atoms with Gasteiger partial charge in [-0.15, -0.1) is 11.6 Å². The summed E-state index contributed by atoms with van der Waals surface area (Å²) in [6.07, 6.45) is 3.53. The number of fused-ring (bicyclic) bond motifs is 1. The standard InChI is InChI=1S/C15H20ClNO2/c16-13(11-17-6-1-2-7-17)12-4-5-14-15(10-12)19-9-3-8-18-14/h4-5,10,13H,1-3,6-9,11H2. The van der Waals surface area contributed by atoms with Crippen LogP contribution in [0.15, 0.2) is 18.2 Å². The lowest BCUT2D eigenvalue weighted by molar-refractivity contribution is 0.297. The highest BCUT2D eigenvalue weighted by Gasteiger charge is 2.19. The zero-order valence-electron chi connectivity index (χ0n) is 11.1. The molecule has 0 bridgehead atoms. The molecule has 2 aliphatic heterocycles. The van der Waals surface area contributed by atoms with Crippen molar-refractivity contribution in [3.8, 4) is 11.5 Å². The van der Waals surface area contributed by atoms with Gasteiger partial charge in [-0.1, -0.05) is 6.07 Å². The number of nitrogens with zero attached hydrogens (tertiary/aromatic N) is 1. The second kappa shape index (κ2) is 6.02. The van der Waals surface area contributed by atoms with Crippen LogP contribution in [-0.4, -0.2) is 37.7 Å². The molecular weight excluding hydrogens is 262 g/mol. The van der Waals surface area contributed by atoms with Crippen molar-refractivity contribution < 1.29 is 9.47 Å². The summed E-state index contributed by atoms with van der Waals surface area (Å²) in [5, 5.41) is 0.0234. The first-order chi connectivity index (χ1) is 9.33. The topological polar surface area (TPSA) is 21.7 Å². The van der Waals surface area contributed by atoms with E-state index >= 15 is 0 Å². The van der Waals surface area contributed by atoms with Crippen LogP contribution < -0.4 is 9.47 Å². The second-order valence-electron chi connectivity index (χ2n) is 5.23. The first-order valence-electron chi connectivity index (χ1n) is 7.09. The summed E-state index contributed by atoms with van der Waals surface area (Å²) >= 11 is 6.53. The molecule has 0 amide bonds. The molecule has 1 aromatic rings. The number of halogens is 1. The number of alkyl halides is 1. The van der Waals surface area contributed by atoms with Crippen LogP contribution in [0.1, 0.15) is 30.2 Å². The van der Waals surface area contributed by atoms with E-state index in [4.69, 9.17) is 21.1 Å². The Balaban J connectivity index is 1.71. The molecule has 4 heteroatoms. The molecular formula is C15H20ClNO2. The molecule has 0 radical (unpaired) electrons. The fourth-order valence-corrected chi connectivity index (χ4v) is 3.00. The van der Waals surface area contributed by atoms with Gasteiger partial charge < -0.3 is 14.4 Å². The van der Waals surface area contributed by atoms with Crippen LogP contribution >= 0.6 is 11.6 Å². The van der Waals surface area contributed by atoms with Gasteiger partial charge in [-0.3, -0.25) is 0 Å². The number of rotatable bonds is 3. The van der Waals surface area contributed by atoms with Crippen LogP contribution in [0.3, 0.4) is 0 Å². The number of likely N-dealkylation sites (tertiary alicyclic amines) is 1. The maximum Gasteiger partial charge on any atom is 0.161 e. The van der Waals surface area contributed by atoms with Crippen molar-refractivity contribution in [2.75, 3.05) is 32.8 Å². The molecule has 1 unspecified atom stereocenters. The van der Waals surface area contributed by atoms with Crippen LogP contribution in [0, 0.1) is 0 Å². The molecule has 0 N–H and O–H groups in total. The zero-order valence-corrected chi connectivity index (χ0v) is 11.9. The van der Waals surface area contributed by atoms with Gasteiger partial charge in [-0.25, -0.2) is 0 Å². The van der Waals surface area contributed by atoms with Crippen molar-refractivity contribution in [3.63, 3.8) is 0 Å². The fraction of sp³-hybridized carbons (Fsp3) is 0.600. The van der Waals surface area contributed by atoms with Crippen molar-refractivity contribution >= 4 is 11.6 Å². The minimum Gasteiger partial charge on any atom is -0.490 e. The molecule has 19 heavy (non-hydrogen) atoms. The highest BCUT2D eigenvalue weighted by atomic mass is 35.5. The third kappa shape index (κ3) is 3.15. The van der Waals surface area contributed by atoms with E-state index in [1.54, 1.807) is 0 Å². The average molecular weight is 282 g/mol. The molecule has 104 valence electrons. The average Bonchev–Trinajstić information content (AvgIpc) is 2.81. The molecule has 0 aromatic heterocycles. The van der Waals surface area contributed by atoms with E-state index in [-0.39, 0.29) is 5.38 Å². The van der Waals surface area contributed by atoms with Crippen LogP contribution in [0.2, 0.25) is 0 Å². The summed E-state index contributed by atoms with van der Waals surface area (Å²) in [4.78, 5) is 2.43. The summed E-state index contributed by atoms with van der Waals surface area (Å²) in [5.74, 6) is 1.67. The Morgan fingerprint density at radius 1 is 1.05 bits per heavy atom. The molecule has 3 nitrogen and oxygen atoms in total. The summed E-state index contributed by atoms with van der Waals surface area (Å²) in [6.45, 7) is 4.71. The molecule has 1 aromatic carbocycles. The van der Waals surface area contributed by atoms with E-state index < -0.39 is 0 Å². The normalized spacial score (nSPS) is 21.1. The quantitative estimate of drug-likeness (QED) is 0.794. The molecule has 0 saturated carbocycles. The highest BCUT2D eigenvalue weighted by Crippen LogP contribution is 2.34. The molecule has 0 spiro atoms. The third-order valence-electron chi connectivity index (χ3n) is 3.75. The first-order valence-corrected chi connectivity index (χ1v) is 7.52. The van der Waals surface area contributed by atoms with Gasteiger partial charge in [0.25, 0.3) is 0 Å². The predicted molar refractivity (Wildman–Crippen MR) is 76.3 cm³/mol. The maximum atomic E-state index is 6.53. The molecule has 3 rings (SSSR count). The number of ether oxygens (including phenoxy) is 2. The van der Waals surface area contributed by atoms with Gasteiger partial charge in [-0.05, 0) is 43.6 Å². The zero-order chi connectivity index (χ0) is 13.1. The fourth-order valence-electron chi connectivity index (χ4n) is 2.67. The van der Waals surface area contributed by atoms with Gasteiger partial charge in [0, 0.05) is 13.0 Å². The van der Waals surface area contributed by atoms with Crippen molar-refractivity contribution in [2.45, 2.75) is 24.6 Å². The van der Waals surface area contributed by atoms with E-state index in [0.29, 0.717) is 0 Å². The summed E-state index contributed by atoms with van der Waals surface area (Å²) in [7, 11) is 0. The van der Waals surface area contributed by atoms with Crippen LogP contribution in [-0.2, 0) is 0 Å². The summed E-state index contributed by atoms with van der Waals surface area (Å²) in [6, 6.07) is 6.07. The van der Waals surface area contributed by atoms with Crippen molar-refractivity contribution in [1.29, 1.82) is 0 Å². The lowest BCUT2D eigenvalue weighted by atomic mass is 10.1. The predicted octanol–water partition coefficient (Wildman–Crippen LogP) is 3.22. The molecule has 1 fully saturated rings. The smallest absolute Gasteiger partial charge is 0.161 e. The number of benzene rings is 1. The van der Waals surface area contributed by atoms with Gasteiger partial charge in [0.2, 0.25) is 0 Å². The molecule has 2 aliphatic rings. The second-order valence-corrected chi connectivity index (χ2v) is 5.76. The Morgan fingerprint density at radius 2 is 1.79 bits per heavy atom.